The highest BCUT2D eigenvalue weighted by atomic mass is 32.1. The number of aromatic nitrogens is 1. The number of aliphatic hydroxyl groups is 1. The Hall–Kier alpha value is -1.19. The summed E-state index contributed by atoms with van der Waals surface area (Å²) in [4.78, 5) is 4.04. The number of rotatable bonds is 3. The Labute approximate surface area is 93.2 Å². The Morgan fingerprint density at radius 2 is 2.33 bits per heavy atom. The summed E-state index contributed by atoms with van der Waals surface area (Å²) in [5.74, 6) is 0. The van der Waals surface area contributed by atoms with Gasteiger partial charge in [-0.2, -0.15) is 11.3 Å². The van der Waals surface area contributed by atoms with Crippen LogP contribution in [0.15, 0.2) is 35.3 Å². The zero-order valence-electron chi connectivity index (χ0n) is 8.55. The Kier molecular flexibility index (Phi) is 3.14. The first-order chi connectivity index (χ1) is 7.27. The molecule has 0 saturated carbocycles. The third-order valence-electron chi connectivity index (χ3n) is 2.45. The molecule has 0 spiro atoms. The van der Waals surface area contributed by atoms with E-state index in [1.807, 2.05) is 24.4 Å². The van der Waals surface area contributed by atoms with Gasteiger partial charge >= 0.3 is 0 Å². The van der Waals surface area contributed by atoms with Crippen molar-refractivity contribution in [1.82, 2.24) is 4.98 Å². The molecule has 0 aliphatic rings. The predicted molar refractivity (Wildman–Crippen MR) is 62.0 cm³/mol. The first kappa shape index (κ1) is 10.3. The third kappa shape index (κ3) is 2.43. The van der Waals surface area contributed by atoms with Crippen LogP contribution in [0, 0.1) is 6.92 Å². The molecule has 0 radical (unpaired) electrons. The van der Waals surface area contributed by atoms with Crippen molar-refractivity contribution in [2.24, 2.45) is 0 Å². The second-order valence-electron chi connectivity index (χ2n) is 3.58. The SMILES string of the molecule is Cc1ccncc1C(O)Cc1ccsc1. The van der Waals surface area contributed by atoms with Gasteiger partial charge in [-0.15, -0.1) is 0 Å². The molecule has 1 atom stereocenters. The molecular weight excluding hydrogens is 206 g/mol. The number of aryl methyl sites for hydroxylation is 1. The molecule has 1 unspecified atom stereocenters. The molecule has 15 heavy (non-hydrogen) atoms. The number of hydrogen-bond acceptors (Lipinski definition) is 3. The molecule has 0 aliphatic heterocycles. The minimum absolute atomic E-state index is 0.451. The standard InChI is InChI=1S/C12H13NOS/c1-9-2-4-13-7-11(9)12(14)6-10-3-5-15-8-10/h2-5,7-8,12,14H,6H2,1H3. The monoisotopic (exact) mass is 219 g/mol. The van der Waals surface area contributed by atoms with Gasteiger partial charge in [0.15, 0.2) is 0 Å². The van der Waals surface area contributed by atoms with Crippen LogP contribution in [0.1, 0.15) is 22.8 Å². The minimum atomic E-state index is -0.451. The zero-order valence-corrected chi connectivity index (χ0v) is 9.37. The summed E-state index contributed by atoms with van der Waals surface area (Å²) in [6.45, 7) is 1.99. The molecule has 2 aromatic heterocycles. The van der Waals surface area contributed by atoms with Crippen molar-refractivity contribution >= 4 is 11.3 Å². The van der Waals surface area contributed by atoms with Crippen LogP contribution in [-0.4, -0.2) is 10.1 Å². The summed E-state index contributed by atoms with van der Waals surface area (Å²) in [6, 6.07) is 3.96. The fourth-order valence-corrected chi connectivity index (χ4v) is 2.25. The molecule has 3 heteroatoms. The summed E-state index contributed by atoms with van der Waals surface area (Å²) >= 11 is 1.65. The molecule has 2 rings (SSSR count). The van der Waals surface area contributed by atoms with Crippen molar-refractivity contribution in [1.29, 1.82) is 0 Å². The maximum Gasteiger partial charge on any atom is 0.0848 e. The average molecular weight is 219 g/mol. The second-order valence-corrected chi connectivity index (χ2v) is 4.36. The van der Waals surface area contributed by atoms with Gasteiger partial charge in [0.25, 0.3) is 0 Å². The van der Waals surface area contributed by atoms with Gasteiger partial charge in [-0.1, -0.05) is 0 Å². The van der Waals surface area contributed by atoms with Crippen molar-refractivity contribution in [2.45, 2.75) is 19.4 Å². The summed E-state index contributed by atoms with van der Waals surface area (Å²) < 4.78 is 0. The Morgan fingerprint density at radius 3 is 3.00 bits per heavy atom. The number of pyridine rings is 1. The number of nitrogens with zero attached hydrogens (tertiary/aromatic N) is 1. The van der Waals surface area contributed by atoms with E-state index in [1.54, 1.807) is 23.7 Å². The van der Waals surface area contributed by atoms with Crippen molar-refractivity contribution in [3.05, 3.63) is 52.0 Å². The second kappa shape index (κ2) is 4.55. The molecule has 0 saturated heterocycles. The Bertz CT molecular complexity index is 425. The first-order valence-electron chi connectivity index (χ1n) is 4.87. The molecule has 0 bridgehead atoms. The normalized spacial score (nSPS) is 12.7. The quantitative estimate of drug-likeness (QED) is 0.861. The van der Waals surface area contributed by atoms with Gasteiger partial charge in [-0.05, 0) is 40.9 Å². The summed E-state index contributed by atoms with van der Waals surface area (Å²) in [5.41, 5.74) is 3.19. The molecule has 78 valence electrons. The van der Waals surface area contributed by atoms with E-state index in [9.17, 15) is 5.11 Å². The van der Waals surface area contributed by atoms with Gasteiger partial charge in [0, 0.05) is 24.4 Å². The lowest BCUT2D eigenvalue weighted by Gasteiger charge is -2.11. The van der Waals surface area contributed by atoms with Crippen LogP contribution in [0.4, 0.5) is 0 Å². The van der Waals surface area contributed by atoms with E-state index < -0.39 is 6.10 Å². The van der Waals surface area contributed by atoms with Gasteiger partial charge in [0.2, 0.25) is 0 Å². The summed E-state index contributed by atoms with van der Waals surface area (Å²) in [7, 11) is 0. The topological polar surface area (TPSA) is 33.1 Å². The van der Waals surface area contributed by atoms with E-state index >= 15 is 0 Å². The third-order valence-corrected chi connectivity index (χ3v) is 3.18. The van der Waals surface area contributed by atoms with E-state index in [1.165, 1.54) is 5.56 Å². The van der Waals surface area contributed by atoms with E-state index in [0.717, 1.165) is 11.1 Å². The molecule has 2 aromatic rings. The van der Waals surface area contributed by atoms with Gasteiger partial charge in [0.05, 0.1) is 6.10 Å². The van der Waals surface area contributed by atoms with Crippen molar-refractivity contribution in [3.8, 4) is 0 Å². The number of hydrogen-bond donors (Lipinski definition) is 1. The predicted octanol–water partition coefficient (Wildman–Crippen LogP) is 2.73. The van der Waals surface area contributed by atoms with Crippen LogP contribution >= 0.6 is 11.3 Å². The smallest absolute Gasteiger partial charge is 0.0848 e. The van der Waals surface area contributed by atoms with Crippen molar-refractivity contribution < 1.29 is 5.11 Å². The maximum absolute atomic E-state index is 10.0. The lowest BCUT2D eigenvalue weighted by Crippen LogP contribution is -2.03. The lowest BCUT2D eigenvalue weighted by atomic mass is 10.0. The van der Waals surface area contributed by atoms with Crippen LogP contribution in [0.5, 0.6) is 0 Å². The van der Waals surface area contributed by atoms with E-state index in [-0.39, 0.29) is 0 Å². The van der Waals surface area contributed by atoms with Gasteiger partial charge in [0.1, 0.15) is 0 Å². The molecule has 0 amide bonds. The Morgan fingerprint density at radius 1 is 1.47 bits per heavy atom. The van der Waals surface area contributed by atoms with Crippen LogP contribution in [0.2, 0.25) is 0 Å². The highest BCUT2D eigenvalue weighted by molar-refractivity contribution is 7.07. The first-order valence-corrected chi connectivity index (χ1v) is 5.81. The van der Waals surface area contributed by atoms with E-state index in [0.29, 0.717) is 6.42 Å². The molecule has 2 nitrogen and oxygen atoms in total. The van der Waals surface area contributed by atoms with Gasteiger partial charge in [-0.3, -0.25) is 4.98 Å². The minimum Gasteiger partial charge on any atom is -0.388 e. The van der Waals surface area contributed by atoms with E-state index in [2.05, 4.69) is 10.4 Å². The fourth-order valence-electron chi connectivity index (χ4n) is 1.57. The zero-order chi connectivity index (χ0) is 10.7. The summed E-state index contributed by atoms with van der Waals surface area (Å²) in [6.07, 6.45) is 3.70. The molecule has 0 fully saturated rings. The maximum atomic E-state index is 10.0. The number of aliphatic hydroxyl groups excluding tert-OH is 1. The highest BCUT2D eigenvalue weighted by Gasteiger charge is 2.11. The van der Waals surface area contributed by atoms with Crippen LogP contribution < -0.4 is 0 Å². The van der Waals surface area contributed by atoms with Crippen LogP contribution in [0.25, 0.3) is 0 Å². The average Bonchev–Trinajstić information content (AvgIpc) is 2.71. The Balaban J connectivity index is 2.15. The fraction of sp³-hybridized carbons (Fsp3) is 0.250. The van der Waals surface area contributed by atoms with Gasteiger partial charge in [-0.25, -0.2) is 0 Å². The van der Waals surface area contributed by atoms with E-state index in [4.69, 9.17) is 0 Å². The molecular formula is C12H13NOS. The van der Waals surface area contributed by atoms with Crippen molar-refractivity contribution in [3.63, 3.8) is 0 Å². The summed E-state index contributed by atoms with van der Waals surface area (Å²) in [5, 5.41) is 14.1. The van der Waals surface area contributed by atoms with Crippen LogP contribution in [0.3, 0.4) is 0 Å². The largest absolute Gasteiger partial charge is 0.388 e. The van der Waals surface area contributed by atoms with Crippen LogP contribution in [-0.2, 0) is 6.42 Å². The van der Waals surface area contributed by atoms with Crippen molar-refractivity contribution in [2.75, 3.05) is 0 Å². The van der Waals surface area contributed by atoms with Gasteiger partial charge < -0.3 is 5.11 Å². The molecule has 0 aliphatic carbocycles. The molecule has 2 heterocycles. The molecule has 0 aromatic carbocycles. The molecule has 1 N–H and O–H groups in total. The highest BCUT2D eigenvalue weighted by Crippen LogP contribution is 2.21. The lowest BCUT2D eigenvalue weighted by molar-refractivity contribution is 0.177. The number of thiophene rings is 1.